The second kappa shape index (κ2) is 18.3. The van der Waals surface area contributed by atoms with Gasteiger partial charge in [0.25, 0.3) is 0 Å². The summed E-state index contributed by atoms with van der Waals surface area (Å²) in [6.45, 7) is 0. The van der Waals surface area contributed by atoms with E-state index in [4.69, 9.17) is 15.3 Å². The molecule has 0 aliphatic heterocycles. The van der Waals surface area contributed by atoms with Crippen molar-refractivity contribution in [1.82, 2.24) is 0 Å². The molecule has 1 radical (unpaired) electrons. The van der Waals surface area contributed by atoms with Crippen molar-refractivity contribution in [2.45, 2.75) is 24.9 Å². The first-order valence-electron chi connectivity index (χ1n) is 3.97. The average molecular weight is 327 g/mol. The Morgan fingerprint density at radius 1 is 0.800 bits per heavy atom. The van der Waals surface area contributed by atoms with E-state index in [1.54, 1.807) is 0 Å². The predicted molar refractivity (Wildman–Crippen MR) is 74.7 cm³/mol. The number of hydrogen-bond acceptors (Lipinski definition) is 4. The van der Waals surface area contributed by atoms with Crippen molar-refractivity contribution in [2.75, 3.05) is 0 Å². The van der Waals surface area contributed by atoms with Crippen LogP contribution in [0.25, 0.3) is 0 Å². The van der Waals surface area contributed by atoms with Gasteiger partial charge in [-0.05, 0) is 0 Å². The molecule has 0 unspecified atom stereocenters. The first-order valence-corrected chi connectivity index (χ1v) is 3.97. The molecular weight excluding hydrogens is 309 g/mol. The molecule has 8 N–H and O–H groups in total. The fourth-order valence-corrected chi connectivity index (χ4v) is 1.01. The van der Waals surface area contributed by atoms with Gasteiger partial charge in [-0.1, -0.05) is 0 Å². The van der Waals surface area contributed by atoms with Crippen molar-refractivity contribution in [3.8, 4) is 0 Å². The SMILES string of the molecule is O.O.O=C(O)C[CH]C(O)(CC(=O)O)CC(=O)O.[NaH].[NaH].[NaH]. The minimum absolute atomic E-state index is 0. The van der Waals surface area contributed by atoms with Gasteiger partial charge in [0, 0.05) is 6.42 Å². The molecule has 0 aromatic carbocycles. The summed E-state index contributed by atoms with van der Waals surface area (Å²) < 4.78 is 0. The minimum atomic E-state index is -2.13. The van der Waals surface area contributed by atoms with Gasteiger partial charge in [0.05, 0.1) is 24.9 Å². The van der Waals surface area contributed by atoms with Gasteiger partial charge in [-0.3, -0.25) is 14.4 Å². The molecule has 9 nitrogen and oxygen atoms in total. The van der Waals surface area contributed by atoms with Crippen molar-refractivity contribution in [3.05, 3.63) is 6.42 Å². The summed E-state index contributed by atoms with van der Waals surface area (Å²) in [5.74, 6) is -4.08. The van der Waals surface area contributed by atoms with E-state index in [2.05, 4.69) is 0 Å². The van der Waals surface area contributed by atoms with Gasteiger partial charge < -0.3 is 31.4 Å². The van der Waals surface area contributed by atoms with Crippen LogP contribution in [0.3, 0.4) is 0 Å². The molecule has 107 valence electrons. The molecule has 0 fully saturated rings. The summed E-state index contributed by atoms with van der Waals surface area (Å²) >= 11 is 0. The number of aliphatic carboxylic acids is 3. The molecule has 0 saturated heterocycles. The van der Waals surface area contributed by atoms with Gasteiger partial charge >= 0.3 is 107 Å². The Hall–Kier alpha value is 1.29. The van der Waals surface area contributed by atoms with Crippen molar-refractivity contribution < 1.29 is 45.8 Å². The topological polar surface area (TPSA) is 195 Å². The van der Waals surface area contributed by atoms with Crippen LogP contribution in [0.15, 0.2) is 0 Å². The fourth-order valence-electron chi connectivity index (χ4n) is 1.01. The van der Waals surface area contributed by atoms with Crippen molar-refractivity contribution in [2.24, 2.45) is 0 Å². The number of rotatable bonds is 7. The van der Waals surface area contributed by atoms with Crippen LogP contribution in [0.5, 0.6) is 0 Å². The molecule has 0 heterocycles. The third kappa shape index (κ3) is 21.6. The Kier molecular flexibility index (Phi) is 34.4. The zero-order valence-corrected chi connectivity index (χ0v) is 8.71. The fraction of sp³-hybridized carbons (Fsp3) is 0.500. The molecule has 0 bridgehead atoms. The molecule has 0 saturated carbocycles. The van der Waals surface area contributed by atoms with Gasteiger partial charge in [0.2, 0.25) is 0 Å². The van der Waals surface area contributed by atoms with Gasteiger partial charge in [-0.15, -0.1) is 0 Å². The maximum atomic E-state index is 10.3. The van der Waals surface area contributed by atoms with Crippen LogP contribution in [0.4, 0.5) is 0 Å². The summed E-state index contributed by atoms with van der Waals surface area (Å²) in [7, 11) is 0. The van der Waals surface area contributed by atoms with E-state index in [0.29, 0.717) is 0 Å². The van der Waals surface area contributed by atoms with E-state index in [1.807, 2.05) is 0 Å². The predicted octanol–water partition coefficient (Wildman–Crippen LogP) is -4.25. The molecular formula is C8H18Na3O9. The zero-order valence-electron chi connectivity index (χ0n) is 8.71. The standard InChI is InChI=1S/C8H11O7.3Na.2H2O.3H/c9-5(10)1-2-8(15,3-6(11)12)4-7(13)14;;;;;;;;/h2,15H,1,3-4H2,(H,9,10)(H,11,12)(H,13,14);;;;2*1H2;;;. The van der Waals surface area contributed by atoms with E-state index >= 15 is 0 Å². The molecule has 0 aromatic rings. The number of carbonyl (C=O) groups is 3. The maximum absolute atomic E-state index is 10.3. The van der Waals surface area contributed by atoms with E-state index < -0.39 is 42.8 Å². The summed E-state index contributed by atoms with van der Waals surface area (Å²) in [5.41, 5.74) is -2.13. The number of carboxylic acids is 3. The first kappa shape index (κ1) is 37.5. The van der Waals surface area contributed by atoms with Crippen LogP contribution in [-0.2, 0) is 14.4 Å². The Morgan fingerprint density at radius 3 is 1.30 bits per heavy atom. The van der Waals surface area contributed by atoms with Crippen LogP contribution < -0.4 is 0 Å². The Labute approximate surface area is 181 Å². The van der Waals surface area contributed by atoms with E-state index in [0.717, 1.165) is 6.42 Å². The molecule has 0 rings (SSSR count). The molecule has 0 aliphatic carbocycles. The Balaban J connectivity index is -0.0000000980. The normalized spacial score (nSPS) is 8.25. The Bertz CT molecular complexity index is 268. The monoisotopic (exact) mass is 327 g/mol. The van der Waals surface area contributed by atoms with Crippen LogP contribution in [0, 0.1) is 6.42 Å². The second-order valence-corrected chi connectivity index (χ2v) is 3.05. The molecule has 0 atom stereocenters. The van der Waals surface area contributed by atoms with Gasteiger partial charge in [0.15, 0.2) is 0 Å². The van der Waals surface area contributed by atoms with Gasteiger partial charge in [-0.25, -0.2) is 0 Å². The Morgan fingerprint density at radius 2 is 1.10 bits per heavy atom. The summed E-state index contributed by atoms with van der Waals surface area (Å²) in [6.07, 6.45) is -1.51. The quantitative estimate of drug-likeness (QED) is 0.339. The van der Waals surface area contributed by atoms with E-state index in [1.165, 1.54) is 0 Å². The molecule has 0 aromatic heterocycles. The molecule has 12 heteroatoms. The third-order valence-electron chi connectivity index (χ3n) is 1.57. The van der Waals surface area contributed by atoms with Crippen molar-refractivity contribution in [3.63, 3.8) is 0 Å². The summed E-state index contributed by atoms with van der Waals surface area (Å²) in [4.78, 5) is 30.8. The van der Waals surface area contributed by atoms with Crippen LogP contribution >= 0.6 is 0 Å². The molecule has 0 amide bonds. The number of aliphatic hydroxyl groups is 1. The summed E-state index contributed by atoms with van der Waals surface area (Å²) in [6, 6.07) is 0. The number of carboxylic acid groups (broad SMARTS) is 3. The molecule has 20 heavy (non-hydrogen) atoms. The van der Waals surface area contributed by atoms with Crippen LogP contribution in [0.1, 0.15) is 19.3 Å². The van der Waals surface area contributed by atoms with Gasteiger partial charge in [0.1, 0.15) is 0 Å². The van der Waals surface area contributed by atoms with Crippen LogP contribution in [-0.4, -0.2) is 144 Å². The first-order chi connectivity index (χ1) is 6.75. The van der Waals surface area contributed by atoms with Gasteiger partial charge in [-0.2, -0.15) is 0 Å². The zero-order chi connectivity index (χ0) is 12.1. The average Bonchev–Trinajstić information content (AvgIpc) is 1.97. The molecule has 0 spiro atoms. The second-order valence-electron chi connectivity index (χ2n) is 3.05. The van der Waals surface area contributed by atoms with E-state index in [9.17, 15) is 19.5 Å². The van der Waals surface area contributed by atoms with Crippen molar-refractivity contribution >= 4 is 107 Å². The van der Waals surface area contributed by atoms with E-state index in [-0.39, 0.29) is 99.6 Å². The van der Waals surface area contributed by atoms with Crippen LogP contribution in [0.2, 0.25) is 0 Å². The number of hydrogen-bond donors (Lipinski definition) is 4. The summed E-state index contributed by atoms with van der Waals surface area (Å²) in [5, 5.41) is 34.6. The third-order valence-corrected chi connectivity index (χ3v) is 1.57. The molecule has 0 aliphatic rings. The van der Waals surface area contributed by atoms with Crippen molar-refractivity contribution in [1.29, 1.82) is 0 Å².